The van der Waals surface area contributed by atoms with Crippen LogP contribution in [-0.2, 0) is 11.0 Å². The monoisotopic (exact) mass is 309 g/mol. The third-order valence-electron chi connectivity index (χ3n) is 1.90. The van der Waals surface area contributed by atoms with Crippen molar-refractivity contribution in [2.24, 2.45) is 0 Å². The molecule has 0 aromatic heterocycles. The van der Waals surface area contributed by atoms with Crippen LogP contribution in [0.2, 0.25) is 0 Å². The minimum Gasteiger partial charge on any atom is -0.478 e. The molecule has 0 unspecified atom stereocenters. The van der Waals surface area contributed by atoms with Crippen LogP contribution in [0, 0.1) is 0 Å². The Hall–Kier alpha value is -1.50. The second-order valence-corrected chi connectivity index (χ2v) is 3.95. The van der Waals surface area contributed by atoms with Crippen LogP contribution in [0.5, 0.6) is 0 Å². The van der Waals surface area contributed by atoms with Gasteiger partial charge in [0.05, 0.1) is 5.56 Å². The predicted molar refractivity (Wildman–Crippen MR) is 60.2 cm³/mol. The van der Waals surface area contributed by atoms with E-state index in [1.165, 1.54) is 6.07 Å². The van der Waals surface area contributed by atoms with Crippen LogP contribution in [0.1, 0.15) is 11.1 Å². The first-order valence-corrected chi connectivity index (χ1v) is 5.09. The van der Waals surface area contributed by atoms with E-state index in [-0.39, 0.29) is 10.0 Å². The molecule has 92 valence electrons. The fourth-order valence-corrected chi connectivity index (χ4v) is 1.71. The molecule has 0 aliphatic heterocycles. The van der Waals surface area contributed by atoms with E-state index in [2.05, 4.69) is 15.9 Å². The Kier molecular flexibility index (Phi) is 3.82. The first-order valence-electron chi connectivity index (χ1n) is 4.29. The van der Waals surface area contributed by atoms with E-state index in [9.17, 15) is 18.0 Å². The normalized spacial score (nSPS) is 12.0. The summed E-state index contributed by atoms with van der Waals surface area (Å²) < 4.78 is 38.3. The molecule has 0 spiro atoms. The molecule has 0 aliphatic carbocycles. The van der Waals surface area contributed by atoms with Gasteiger partial charge in [-0.1, -0.05) is 15.9 Å². The number of carbonyl (C=O) groups is 1. The van der Waals surface area contributed by atoms with Crippen molar-refractivity contribution >= 4 is 33.7 Å². The number of benzene rings is 1. The Morgan fingerprint density at radius 2 is 2.00 bits per heavy atom. The molecule has 0 amide bonds. The van der Waals surface area contributed by atoms with E-state index in [0.29, 0.717) is 6.08 Å². The molecule has 0 aliphatic rings. The average molecular weight is 310 g/mol. The van der Waals surface area contributed by atoms with Gasteiger partial charge in [-0.25, -0.2) is 4.79 Å². The van der Waals surface area contributed by atoms with Crippen LogP contribution < -0.4 is 5.73 Å². The number of nitrogens with two attached hydrogens (primary N) is 1. The van der Waals surface area contributed by atoms with Crippen LogP contribution >= 0.6 is 15.9 Å². The average Bonchev–Trinajstić information content (AvgIpc) is 2.17. The van der Waals surface area contributed by atoms with Gasteiger partial charge < -0.3 is 10.8 Å². The summed E-state index contributed by atoms with van der Waals surface area (Å²) >= 11 is 2.92. The standard InChI is InChI=1S/C10H7BrF3NO2/c11-6-2-3-7(15)9(10(12,13)14)5(6)1-4-8(16)17/h1-4H,15H2,(H,16,17)/b4-1+. The number of carboxylic acid groups (broad SMARTS) is 1. The fraction of sp³-hybridized carbons (Fsp3) is 0.100. The van der Waals surface area contributed by atoms with Crippen molar-refractivity contribution in [3.05, 3.63) is 33.8 Å². The SMILES string of the molecule is Nc1ccc(Br)c(/C=C/C(=O)O)c1C(F)(F)F. The summed E-state index contributed by atoms with van der Waals surface area (Å²) in [5.74, 6) is -1.34. The second kappa shape index (κ2) is 4.79. The van der Waals surface area contributed by atoms with E-state index < -0.39 is 23.4 Å². The summed E-state index contributed by atoms with van der Waals surface area (Å²) in [5.41, 5.74) is 3.45. The number of aliphatic carboxylic acids is 1. The van der Waals surface area contributed by atoms with E-state index in [1.54, 1.807) is 0 Å². The molecule has 1 aromatic carbocycles. The van der Waals surface area contributed by atoms with Crippen LogP contribution in [0.25, 0.3) is 6.08 Å². The van der Waals surface area contributed by atoms with Gasteiger partial charge >= 0.3 is 12.1 Å². The number of alkyl halides is 3. The molecule has 0 heterocycles. The number of anilines is 1. The lowest BCUT2D eigenvalue weighted by molar-refractivity contribution is -0.137. The first-order chi connectivity index (χ1) is 7.73. The minimum absolute atomic E-state index is 0.122. The summed E-state index contributed by atoms with van der Waals surface area (Å²) in [7, 11) is 0. The van der Waals surface area contributed by atoms with Gasteiger partial charge in [-0.3, -0.25) is 0 Å². The van der Waals surface area contributed by atoms with Crippen molar-refractivity contribution in [2.75, 3.05) is 5.73 Å². The zero-order valence-electron chi connectivity index (χ0n) is 8.25. The number of hydrogen-bond acceptors (Lipinski definition) is 2. The third kappa shape index (κ3) is 3.23. The maximum Gasteiger partial charge on any atom is 0.419 e. The molecule has 0 atom stereocenters. The molecule has 0 saturated carbocycles. The highest BCUT2D eigenvalue weighted by molar-refractivity contribution is 9.10. The highest BCUT2D eigenvalue weighted by atomic mass is 79.9. The molecular weight excluding hydrogens is 303 g/mol. The zero-order valence-corrected chi connectivity index (χ0v) is 9.84. The van der Waals surface area contributed by atoms with Gasteiger partial charge in [-0.15, -0.1) is 0 Å². The molecule has 1 aromatic rings. The lowest BCUT2D eigenvalue weighted by atomic mass is 10.0. The summed E-state index contributed by atoms with van der Waals surface area (Å²) in [6, 6.07) is 2.43. The van der Waals surface area contributed by atoms with Crippen molar-refractivity contribution in [2.45, 2.75) is 6.18 Å². The summed E-state index contributed by atoms with van der Waals surface area (Å²) in [5, 5.41) is 8.41. The fourth-order valence-electron chi connectivity index (χ4n) is 1.24. The van der Waals surface area contributed by atoms with Gasteiger partial charge in [0.1, 0.15) is 0 Å². The van der Waals surface area contributed by atoms with Crippen LogP contribution in [0.15, 0.2) is 22.7 Å². The van der Waals surface area contributed by atoms with Crippen molar-refractivity contribution < 1.29 is 23.1 Å². The molecule has 3 N–H and O–H groups in total. The maximum absolute atomic E-state index is 12.7. The lowest BCUT2D eigenvalue weighted by Gasteiger charge is -2.14. The van der Waals surface area contributed by atoms with Gasteiger partial charge in [-0.05, 0) is 18.2 Å². The molecule has 0 radical (unpaired) electrons. The van der Waals surface area contributed by atoms with Gasteiger partial charge in [0.15, 0.2) is 0 Å². The van der Waals surface area contributed by atoms with E-state index >= 15 is 0 Å². The summed E-state index contributed by atoms with van der Waals surface area (Å²) in [4.78, 5) is 10.3. The zero-order chi connectivity index (χ0) is 13.2. The minimum atomic E-state index is -4.65. The second-order valence-electron chi connectivity index (χ2n) is 3.09. The number of hydrogen-bond donors (Lipinski definition) is 2. The molecule has 7 heteroatoms. The van der Waals surface area contributed by atoms with Gasteiger partial charge in [-0.2, -0.15) is 13.2 Å². The van der Waals surface area contributed by atoms with Crippen LogP contribution in [0.4, 0.5) is 18.9 Å². The number of halogens is 4. The summed E-state index contributed by atoms with van der Waals surface area (Å²) in [6.45, 7) is 0. The molecule has 0 fully saturated rings. The Labute approximate surface area is 103 Å². The maximum atomic E-state index is 12.7. The van der Waals surface area contributed by atoms with E-state index in [0.717, 1.165) is 12.1 Å². The van der Waals surface area contributed by atoms with Gasteiger partial charge in [0.25, 0.3) is 0 Å². The number of rotatable bonds is 2. The molecular formula is C10H7BrF3NO2. The number of carboxylic acids is 1. The quantitative estimate of drug-likeness (QED) is 0.651. The predicted octanol–water partition coefficient (Wildman–Crippen LogP) is 3.15. The number of nitrogen functional groups attached to an aromatic ring is 1. The van der Waals surface area contributed by atoms with Crippen LogP contribution in [0.3, 0.4) is 0 Å². The first kappa shape index (κ1) is 13.6. The molecule has 17 heavy (non-hydrogen) atoms. The van der Waals surface area contributed by atoms with Crippen molar-refractivity contribution in [1.82, 2.24) is 0 Å². The summed E-state index contributed by atoms with van der Waals surface area (Å²) in [6.07, 6.45) is -3.17. The highest BCUT2D eigenvalue weighted by Crippen LogP contribution is 2.39. The van der Waals surface area contributed by atoms with E-state index in [1.807, 2.05) is 0 Å². The third-order valence-corrected chi connectivity index (χ3v) is 2.59. The van der Waals surface area contributed by atoms with Gasteiger partial charge in [0, 0.05) is 21.8 Å². The highest BCUT2D eigenvalue weighted by Gasteiger charge is 2.36. The Morgan fingerprint density at radius 1 is 1.41 bits per heavy atom. The molecule has 1 rings (SSSR count). The lowest BCUT2D eigenvalue weighted by Crippen LogP contribution is -2.11. The van der Waals surface area contributed by atoms with Gasteiger partial charge in [0.2, 0.25) is 0 Å². The van der Waals surface area contributed by atoms with E-state index in [4.69, 9.17) is 10.8 Å². The smallest absolute Gasteiger partial charge is 0.419 e. The molecule has 0 bridgehead atoms. The van der Waals surface area contributed by atoms with Crippen molar-refractivity contribution in [3.63, 3.8) is 0 Å². The topological polar surface area (TPSA) is 63.3 Å². The van der Waals surface area contributed by atoms with Crippen LogP contribution in [-0.4, -0.2) is 11.1 Å². The largest absolute Gasteiger partial charge is 0.478 e. The van der Waals surface area contributed by atoms with Crippen molar-refractivity contribution in [1.29, 1.82) is 0 Å². The molecule has 3 nitrogen and oxygen atoms in total. The Bertz CT molecular complexity index is 483. The van der Waals surface area contributed by atoms with Crippen molar-refractivity contribution in [3.8, 4) is 0 Å². The molecule has 0 saturated heterocycles. The Morgan fingerprint density at radius 3 is 2.47 bits per heavy atom. The Balaban J connectivity index is 3.46.